The Hall–Kier alpha value is -2.24. The first kappa shape index (κ1) is 15.6. The van der Waals surface area contributed by atoms with Gasteiger partial charge in [0.1, 0.15) is 0 Å². The molecular formula is C18H13NO2S2. The predicted molar refractivity (Wildman–Crippen MR) is 98.5 cm³/mol. The first-order valence-corrected chi connectivity index (χ1v) is 8.23. The van der Waals surface area contributed by atoms with E-state index in [-0.39, 0.29) is 11.7 Å². The van der Waals surface area contributed by atoms with Crippen molar-refractivity contribution in [3.8, 4) is 0 Å². The van der Waals surface area contributed by atoms with E-state index >= 15 is 0 Å². The van der Waals surface area contributed by atoms with Gasteiger partial charge in [0, 0.05) is 5.56 Å². The fourth-order valence-corrected chi connectivity index (χ4v) is 3.53. The Kier molecular flexibility index (Phi) is 4.41. The van der Waals surface area contributed by atoms with Crippen LogP contribution in [0.15, 0.2) is 59.5 Å². The second-order valence-electron chi connectivity index (χ2n) is 5.03. The quantitative estimate of drug-likeness (QED) is 0.475. The summed E-state index contributed by atoms with van der Waals surface area (Å²) in [5.41, 5.74) is 2.29. The SMILES string of the molecule is CC(=O)c1ccc(/C=C2/SC(=S)N(c3ccccc3)C2=O)cc1. The highest BCUT2D eigenvalue weighted by Gasteiger charge is 2.33. The Labute approximate surface area is 144 Å². The third-order valence-electron chi connectivity index (χ3n) is 3.42. The van der Waals surface area contributed by atoms with Crippen LogP contribution in [-0.4, -0.2) is 16.0 Å². The van der Waals surface area contributed by atoms with Crippen molar-refractivity contribution in [2.24, 2.45) is 0 Å². The van der Waals surface area contributed by atoms with Gasteiger partial charge in [-0.1, -0.05) is 66.4 Å². The van der Waals surface area contributed by atoms with Crippen molar-refractivity contribution in [2.75, 3.05) is 4.90 Å². The minimum absolute atomic E-state index is 0.0203. The summed E-state index contributed by atoms with van der Waals surface area (Å²) in [6.45, 7) is 1.53. The van der Waals surface area contributed by atoms with Gasteiger partial charge >= 0.3 is 0 Å². The number of rotatable bonds is 3. The molecule has 1 heterocycles. The summed E-state index contributed by atoms with van der Waals surface area (Å²) in [6.07, 6.45) is 1.80. The summed E-state index contributed by atoms with van der Waals surface area (Å²) in [7, 11) is 0. The molecule has 1 aliphatic rings. The van der Waals surface area contributed by atoms with Crippen molar-refractivity contribution < 1.29 is 9.59 Å². The van der Waals surface area contributed by atoms with Gasteiger partial charge in [-0.15, -0.1) is 0 Å². The van der Waals surface area contributed by atoms with E-state index in [1.54, 1.807) is 18.2 Å². The lowest BCUT2D eigenvalue weighted by Crippen LogP contribution is -2.27. The Morgan fingerprint density at radius 2 is 1.74 bits per heavy atom. The molecule has 2 aromatic carbocycles. The number of anilines is 1. The fraction of sp³-hybridized carbons (Fsp3) is 0.0556. The molecule has 0 radical (unpaired) electrons. The lowest BCUT2D eigenvalue weighted by atomic mass is 10.1. The van der Waals surface area contributed by atoms with Gasteiger partial charge in [0.25, 0.3) is 5.91 Å². The molecule has 2 aromatic rings. The molecule has 1 aliphatic heterocycles. The summed E-state index contributed by atoms with van der Waals surface area (Å²) in [4.78, 5) is 26.0. The Morgan fingerprint density at radius 1 is 1.09 bits per heavy atom. The highest BCUT2D eigenvalue weighted by atomic mass is 32.2. The highest BCUT2D eigenvalue weighted by molar-refractivity contribution is 8.27. The molecule has 0 aromatic heterocycles. The minimum atomic E-state index is -0.123. The van der Waals surface area contributed by atoms with Crippen LogP contribution >= 0.6 is 24.0 Å². The van der Waals surface area contributed by atoms with Crippen LogP contribution in [0.25, 0.3) is 6.08 Å². The van der Waals surface area contributed by atoms with E-state index in [4.69, 9.17) is 12.2 Å². The molecule has 1 fully saturated rings. The number of carbonyl (C=O) groups excluding carboxylic acids is 2. The van der Waals surface area contributed by atoms with Gasteiger partial charge in [-0.3, -0.25) is 14.5 Å². The summed E-state index contributed by atoms with van der Waals surface area (Å²) in [5.74, 6) is -0.103. The van der Waals surface area contributed by atoms with Gasteiger partial charge in [-0.2, -0.15) is 0 Å². The number of para-hydroxylation sites is 1. The number of hydrogen-bond donors (Lipinski definition) is 0. The zero-order valence-corrected chi connectivity index (χ0v) is 14.0. The summed E-state index contributed by atoms with van der Waals surface area (Å²) < 4.78 is 0.521. The van der Waals surface area contributed by atoms with Crippen molar-refractivity contribution in [3.05, 3.63) is 70.6 Å². The molecule has 3 rings (SSSR count). The summed E-state index contributed by atoms with van der Waals surface area (Å²) in [6, 6.07) is 16.5. The number of carbonyl (C=O) groups is 2. The van der Waals surface area contributed by atoms with Crippen molar-refractivity contribution >= 4 is 51.8 Å². The maximum atomic E-state index is 12.6. The zero-order valence-electron chi connectivity index (χ0n) is 12.4. The fourth-order valence-electron chi connectivity index (χ4n) is 2.23. The topological polar surface area (TPSA) is 37.4 Å². The maximum Gasteiger partial charge on any atom is 0.270 e. The van der Waals surface area contributed by atoms with Crippen molar-refractivity contribution in [2.45, 2.75) is 6.92 Å². The predicted octanol–water partition coefficient (Wildman–Crippen LogP) is 4.30. The van der Waals surface area contributed by atoms with Gasteiger partial charge in [0.2, 0.25) is 0 Å². The van der Waals surface area contributed by atoms with E-state index < -0.39 is 0 Å². The smallest absolute Gasteiger partial charge is 0.270 e. The van der Waals surface area contributed by atoms with Crippen molar-refractivity contribution in [1.29, 1.82) is 0 Å². The van der Waals surface area contributed by atoms with Crippen LogP contribution in [0.3, 0.4) is 0 Å². The van der Waals surface area contributed by atoms with Gasteiger partial charge in [0.05, 0.1) is 10.6 Å². The van der Waals surface area contributed by atoms with Crippen molar-refractivity contribution in [1.82, 2.24) is 0 Å². The van der Waals surface area contributed by atoms with Crippen LogP contribution < -0.4 is 4.90 Å². The van der Waals surface area contributed by atoms with Crippen LogP contribution in [-0.2, 0) is 4.79 Å². The zero-order chi connectivity index (χ0) is 16.4. The molecule has 1 saturated heterocycles. The molecule has 5 heteroatoms. The van der Waals surface area contributed by atoms with Crippen molar-refractivity contribution in [3.63, 3.8) is 0 Å². The first-order valence-electron chi connectivity index (χ1n) is 7.00. The molecule has 0 unspecified atom stereocenters. The summed E-state index contributed by atoms with van der Waals surface area (Å²) >= 11 is 6.61. The number of thiocarbonyl (C=S) groups is 1. The number of Topliss-reactive ketones (excluding diaryl/α,β-unsaturated/α-hetero) is 1. The van der Waals surface area contributed by atoms with Crippen LogP contribution in [0, 0.1) is 0 Å². The molecule has 0 saturated carbocycles. The molecule has 1 amide bonds. The molecule has 3 nitrogen and oxygen atoms in total. The molecule has 0 atom stereocenters. The van der Waals surface area contributed by atoms with Gasteiger partial charge in [0.15, 0.2) is 10.1 Å². The average Bonchev–Trinajstić information content (AvgIpc) is 2.82. The minimum Gasteiger partial charge on any atom is -0.295 e. The second kappa shape index (κ2) is 6.48. The standard InChI is InChI=1S/C18H13NO2S2/c1-12(20)14-9-7-13(8-10-14)11-16-17(21)19(18(22)23-16)15-5-3-2-4-6-15/h2-11H,1H3/b16-11+. The molecule has 114 valence electrons. The largest absolute Gasteiger partial charge is 0.295 e. The third-order valence-corrected chi connectivity index (χ3v) is 4.73. The third kappa shape index (κ3) is 3.25. The average molecular weight is 339 g/mol. The number of hydrogen-bond acceptors (Lipinski definition) is 4. The van der Waals surface area contributed by atoms with E-state index in [1.807, 2.05) is 42.5 Å². The van der Waals surface area contributed by atoms with Gasteiger partial charge < -0.3 is 0 Å². The molecule has 0 aliphatic carbocycles. The molecule has 23 heavy (non-hydrogen) atoms. The molecular weight excluding hydrogens is 326 g/mol. The van der Waals surface area contributed by atoms with Gasteiger partial charge in [-0.25, -0.2) is 0 Å². The summed E-state index contributed by atoms with van der Waals surface area (Å²) in [5, 5.41) is 0. The maximum absolute atomic E-state index is 12.6. The molecule has 0 bridgehead atoms. The number of benzene rings is 2. The van der Waals surface area contributed by atoms with Crippen LogP contribution in [0.2, 0.25) is 0 Å². The van der Waals surface area contributed by atoms with E-state index in [0.29, 0.717) is 14.8 Å². The Bertz CT molecular complexity index is 811. The number of nitrogens with zero attached hydrogens (tertiary/aromatic N) is 1. The van der Waals surface area contributed by atoms with Crippen LogP contribution in [0.4, 0.5) is 5.69 Å². The second-order valence-corrected chi connectivity index (χ2v) is 6.71. The van der Waals surface area contributed by atoms with Gasteiger partial charge in [-0.05, 0) is 30.7 Å². The lowest BCUT2D eigenvalue weighted by Gasteiger charge is -2.13. The molecule has 0 spiro atoms. The van der Waals surface area contributed by atoms with E-state index in [9.17, 15) is 9.59 Å². The first-order chi connectivity index (χ1) is 11.1. The normalized spacial score (nSPS) is 16.2. The Balaban J connectivity index is 1.88. The lowest BCUT2D eigenvalue weighted by molar-refractivity contribution is -0.113. The number of amides is 1. The van der Waals surface area contributed by atoms with Crippen LogP contribution in [0.1, 0.15) is 22.8 Å². The van der Waals surface area contributed by atoms with E-state index in [2.05, 4.69) is 0 Å². The van der Waals surface area contributed by atoms with Crippen LogP contribution in [0.5, 0.6) is 0 Å². The monoisotopic (exact) mass is 339 g/mol. The molecule has 0 N–H and O–H groups in total. The highest BCUT2D eigenvalue weighted by Crippen LogP contribution is 2.35. The number of thioether (sulfide) groups is 1. The number of ketones is 1. The van der Waals surface area contributed by atoms with E-state index in [1.165, 1.54) is 23.6 Å². The van der Waals surface area contributed by atoms with E-state index in [0.717, 1.165) is 11.3 Å². The Morgan fingerprint density at radius 3 is 2.35 bits per heavy atom.